The second-order valence-electron chi connectivity index (χ2n) is 5.61. The van der Waals surface area contributed by atoms with Crippen molar-refractivity contribution < 1.29 is 17.2 Å². The summed E-state index contributed by atoms with van der Waals surface area (Å²) in [5, 5.41) is 0. The largest absolute Gasteiger partial charge is 0.370 e. The fraction of sp³-hybridized carbons (Fsp3) is 0.533. The highest BCUT2D eigenvalue weighted by molar-refractivity contribution is 7.89. The molecule has 1 aliphatic rings. The Balaban J connectivity index is 1.89. The molecule has 1 saturated heterocycles. The second-order valence-corrected chi connectivity index (χ2v) is 7.35. The van der Waals surface area contributed by atoms with Crippen molar-refractivity contribution in [3.63, 3.8) is 0 Å². The van der Waals surface area contributed by atoms with Gasteiger partial charge >= 0.3 is 0 Å². The Kier molecular flexibility index (Phi) is 6.50. The Bertz CT molecular complexity index is 687. The van der Waals surface area contributed by atoms with Gasteiger partial charge in [-0.05, 0) is 25.0 Å². The minimum absolute atomic E-state index is 0.0201. The predicted molar refractivity (Wildman–Crippen MR) is 88.1 cm³/mol. The van der Waals surface area contributed by atoms with E-state index in [9.17, 15) is 17.2 Å². The molecule has 1 heterocycles. The van der Waals surface area contributed by atoms with Gasteiger partial charge in [0.15, 0.2) is 5.96 Å². The molecule has 0 radical (unpaired) electrons. The molecule has 1 fully saturated rings. The van der Waals surface area contributed by atoms with E-state index in [-0.39, 0.29) is 13.1 Å². The number of guanidine groups is 1. The molecule has 0 bridgehead atoms. The van der Waals surface area contributed by atoms with Crippen LogP contribution in [0.2, 0.25) is 0 Å². The van der Waals surface area contributed by atoms with Crippen molar-refractivity contribution in [2.75, 3.05) is 26.2 Å². The van der Waals surface area contributed by atoms with Gasteiger partial charge in [-0.3, -0.25) is 4.99 Å². The Morgan fingerprint density at radius 1 is 1.21 bits per heavy atom. The molecule has 0 atom stereocenters. The molecule has 134 valence electrons. The van der Waals surface area contributed by atoms with Crippen LogP contribution in [-0.4, -0.2) is 45.5 Å². The quantitative estimate of drug-likeness (QED) is 0.472. The number of nitrogens with zero attached hydrogens (tertiary/aromatic N) is 2. The Hall–Kier alpha value is -1.74. The topological polar surface area (TPSA) is 87.8 Å². The lowest BCUT2D eigenvalue weighted by Crippen LogP contribution is -2.38. The highest BCUT2D eigenvalue weighted by atomic mass is 32.2. The van der Waals surface area contributed by atoms with E-state index in [4.69, 9.17) is 5.73 Å². The van der Waals surface area contributed by atoms with E-state index in [1.165, 1.54) is 12.8 Å². The third-order valence-electron chi connectivity index (χ3n) is 3.79. The van der Waals surface area contributed by atoms with Gasteiger partial charge in [0.05, 0.1) is 6.54 Å². The van der Waals surface area contributed by atoms with Crippen molar-refractivity contribution in [1.82, 2.24) is 9.62 Å². The van der Waals surface area contributed by atoms with Crippen LogP contribution < -0.4 is 10.5 Å². The van der Waals surface area contributed by atoms with Crippen LogP contribution in [0.1, 0.15) is 25.7 Å². The van der Waals surface area contributed by atoms with Crippen LogP contribution in [0.25, 0.3) is 0 Å². The maximum absolute atomic E-state index is 13.6. The molecule has 0 aliphatic carbocycles. The normalized spacial score (nSPS) is 16.9. The molecule has 0 amide bonds. The van der Waals surface area contributed by atoms with Crippen LogP contribution in [0, 0.1) is 11.6 Å². The molecule has 9 heteroatoms. The number of hydrogen-bond acceptors (Lipinski definition) is 3. The van der Waals surface area contributed by atoms with Crippen LogP contribution in [0.3, 0.4) is 0 Å². The number of nitrogens with two attached hydrogens (primary N) is 1. The van der Waals surface area contributed by atoms with Crippen LogP contribution in [0.15, 0.2) is 28.1 Å². The lowest BCUT2D eigenvalue weighted by atomic mass is 10.2. The number of rotatable bonds is 5. The molecule has 3 N–H and O–H groups in total. The Labute approximate surface area is 140 Å². The van der Waals surface area contributed by atoms with Gasteiger partial charge in [0.25, 0.3) is 0 Å². The maximum atomic E-state index is 13.6. The SMILES string of the molecule is NC(=NCCNS(=O)(=O)c1ccc(F)cc1F)N1CCCCCC1. The molecule has 24 heavy (non-hydrogen) atoms. The molecule has 1 aromatic carbocycles. The monoisotopic (exact) mass is 360 g/mol. The van der Waals surface area contributed by atoms with Gasteiger partial charge in [0.1, 0.15) is 16.5 Å². The van der Waals surface area contributed by atoms with Crippen molar-refractivity contribution in [3.05, 3.63) is 29.8 Å². The maximum Gasteiger partial charge on any atom is 0.243 e. The first-order valence-electron chi connectivity index (χ1n) is 7.90. The van der Waals surface area contributed by atoms with Crippen molar-refractivity contribution in [1.29, 1.82) is 0 Å². The van der Waals surface area contributed by atoms with Gasteiger partial charge < -0.3 is 10.6 Å². The van der Waals surface area contributed by atoms with Crippen molar-refractivity contribution in [2.24, 2.45) is 10.7 Å². The molecule has 0 aromatic heterocycles. The molecule has 0 unspecified atom stereocenters. The summed E-state index contributed by atoms with van der Waals surface area (Å²) in [6.45, 7) is 1.82. The van der Waals surface area contributed by atoms with Crippen LogP contribution in [-0.2, 0) is 10.0 Å². The van der Waals surface area contributed by atoms with Gasteiger partial charge in [-0.15, -0.1) is 0 Å². The van der Waals surface area contributed by atoms with Crippen molar-refractivity contribution >= 4 is 16.0 Å². The highest BCUT2D eigenvalue weighted by Crippen LogP contribution is 2.15. The van der Waals surface area contributed by atoms with Gasteiger partial charge in [-0.25, -0.2) is 21.9 Å². The summed E-state index contributed by atoms with van der Waals surface area (Å²) in [5.74, 6) is -1.57. The highest BCUT2D eigenvalue weighted by Gasteiger charge is 2.19. The van der Waals surface area contributed by atoms with E-state index < -0.39 is 26.6 Å². The van der Waals surface area contributed by atoms with E-state index in [0.29, 0.717) is 12.0 Å². The minimum atomic E-state index is -4.05. The van der Waals surface area contributed by atoms with E-state index in [1.807, 2.05) is 4.90 Å². The fourth-order valence-electron chi connectivity index (χ4n) is 2.52. The van der Waals surface area contributed by atoms with Gasteiger partial charge in [-0.2, -0.15) is 0 Å². The predicted octanol–water partition coefficient (Wildman–Crippen LogP) is 1.43. The summed E-state index contributed by atoms with van der Waals surface area (Å²) < 4.78 is 52.6. The Morgan fingerprint density at radius 3 is 2.50 bits per heavy atom. The minimum Gasteiger partial charge on any atom is -0.370 e. The number of aliphatic imine (C=N–C) groups is 1. The molecule has 1 aromatic rings. The van der Waals surface area contributed by atoms with Crippen LogP contribution >= 0.6 is 0 Å². The first-order chi connectivity index (χ1) is 11.4. The summed E-state index contributed by atoms with van der Waals surface area (Å²) in [6.07, 6.45) is 4.47. The van der Waals surface area contributed by atoms with Gasteiger partial charge in [0.2, 0.25) is 10.0 Å². The summed E-state index contributed by atoms with van der Waals surface area (Å²) in [5.41, 5.74) is 5.92. The van der Waals surface area contributed by atoms with Crippen LogP contribution in [0.5, 0.6) is 0 Å². The third kappa shape index (κ3) is 5.13. The summed E-state index contributed by atoms with van der Waals surface area (Å²) in [6, 6.07) is 2.32. The first kappa shape index (κ1) is 18.6. The average Bonchev–Trinajstić information content (AvgIpc) is 2.80. The molecule has 6 nitrogen and oxygen atoms in total. The fourth-order valence-corrected chi connectivity index (χ4v) is 3.60. The molecular formula is C15H22F2N4O2S. The number of benzene rings is 1. The molecule has 0 spiro atoms. The second kappa shape index (κ2) is 8.39. The molecule has 2 rings (SSSR count). The summed E-state index contributed by atoms with van der Waals surface area (Å²) in [7, 11) is -4.05. The standard InChI is InChI=1S/C15H22F2N4O2S/c16-12-5-6-14(13(17)11-12)24(22,23)20-8-7-19-15(18)21-9-3-1-2-4-10-21/h5-6,11,20H,1-4,7-10H2,(H2,18,19). The number of sulfonamides is 1. The zero-order chi connectivity index (χ0) is 17.6. The zero-order valence-electron chi connectivity index (χ0n) is 13.3. The Morgan fingerprint density at radius 2 is 1.88 bits per heavy atom. The number of halogens is 2. The smallest absolute Gasteiger partial charge is 0.243 e. The number of likely N-dealkylation sites (tertiary alicyclic amines) is 1. The van der Waals surface area contributed by atoms with E-state index >= 15 is 0 Å². The van der Waals surface area contributed by atoms with Gasteiger partial charge in [-0.1, -0.05) is 12.8 Å². The van der Waals surface area contributed by atoms with Crippen molar-refractivity contribution in [2.45, 2.75) is 30.6 Å². The average molecular weight is 360 g/mol. The molecule has 0 saturated carbocycles. The number of hydrogen-bond donors (Lipinski definition) is 2. The van der Waals surface area contributed by atoms with Crippen molar-refractivity contribution in [3.8, 4) is 0 Å². The van der Waals surface area contributed by atoms with E-state index in [0.717, 1.165) is 38.1 Å². The molecule has 1 aliphatic heterocycles. The lowest BCUT2D eigenvalue weighted by Gasteiger charge is -2.21. The number of nitrogens with one attached hydrogen (secondary N) is 1. The van der Waals surface area contributed by atoms with Crippen LogP contribution in [0.4, 0.5) is 8.78 Å². The third-order valence-corrected chi connectivity index (χ3v) is 5.29. The van der Waals surface area contributed by atoms with Gasteiger partial charge in [0, 0.05) is 25.7 Å². The summed E-state index contributed by atoms with van der Waals surface area (Å²) in [4.78, 5) is 5.56. The van der Waals surface area contributed by atoms with E-state index in [2.05, 4.69) is 9.71 Å². The first-order valence-corrected chi connectivity index (χ1v) is 9.38. The molecular weight excluding hydrogens is 338 g/mol. The summed E-state index contributed by atoms with van der Waals surface area (Å²) >= 11 is 0. The lowest BCUT2D eigenvalue weighted by molar-refractivity contribution is 0.428. The van der Waals surface area contributed by atoms with E-state index in [1.54, 1.807) is 0 Å². The zero-order valence-corrected chi connectivity index (χ0v) is 14.2.